The summed E-state index contributed by atoms with van der Waals surface area (Å²) in [6.07, 6.45) is 17.4. The van der Waals surface area contributed by atoms with Gasteiger partial charge in [0.2, 0.25) is 0 Å². The number of benzene rings is 4. The van der Waals surface area contributed by atoms with Crippen molar-refractivity contribution in [3.63, 3.8) is 0 Å². The summed E-state index contributed by atoms with van der Waals surface area (Å²) in [5.74, 6) is 2.45. The second-order valence-corrected chi connectivity index (χ2v) is 16.6. The molecule has 0 spiro atoms. The molecule has 3 unspecified atom stereocenters. The lowest BCUT2D eigenvalue weighted by atomic mass is 9.68. The Kier molecular flexibility index (Phi) is 9.55. The van der Waals surface area contributed by atoms with Crippen LogP contribution in [0.2, 0.25) is 0 Å². The minimum atomic E-state index is 0.240. The van der Waals surface area contributed by atoms with Crippen LogP contribution in [-0.2, 0) is 12.8 Å². The first-order valence-corrected chi connectivity index (χ1v) is 19.3. The highest BCUT2D eigenvalue weighted by atomic mass is 15.2. The van der Waals surface area contributed by atoms with E-state index in [9.17, 15) is 0 Å². The van der Waals surface area contributed by atoms with Crippen molar-refractivity contribution >= 4 is 28.1 Å². The first-order valence-electron chi connectivity index (χ1n) is 19.3. The molecule has 7 rings (SSSR count). The molecule has 0 aromatic heterocycles. The van der Waals surface area contributed by atoms with Gasteiger partial charge in [-0.1, -0.05) is 121 Å². The van der Waals surface area contributed by atoms with Gasteiger partial charge in [0.1, 0.15) is 0 Å². The number of hydrogen-bond acceptors (Lipinski definition) is 1. The third kappa shape index (κ3) is 6.23. The fourth-order valence-corrected chi connectivity index (χ4v) is 9.41. The van der Waals surface area contributed by atoms with Crippen molar-refractivity contribution in [2.75, 3.05) is 4.90 Å². The highest BCUT2D eigenvalue weighted by molar-refractivity contribution is 5.98. The van der Waals surface area contributed by atoms with Crippen LogP contribution in [0.25, 0.3) is 22.4 Å². The SMILES string of the molecule is C=Cc1c(C)cccc1C1C=CC=C(N(c2ccc(C(C)C)cc2)C2C=C(CC(C)C)c3ccc4c(C)cc(CC(C)C)c5c4c3C2CC5)C1. The fourth-order valence-electron chi connectivity index (χ4n) is 9.41. The van der Waals surface area contributed by atoms with E-state index in [4.69, 9.17) is 0 Å². The van der Waals surface area contributed by atoms with E-state index >= 15 is 0 Å². The number of nitrogens with zero attached hydrogens (tertiary/aromatic N) is 1. The second kappa shape index (κ2) is 13.9. The minimum absolute atomic E-state index is 0.240. The molecular weight excluding hydrogens is 603 g/mol. The molecule has 0 fully saturated rings. The van der Waals surface area contributed by atoms with Gasteiger partial charge in [0.25, 0.3) is 0 Å². The van der Waals surface area contributed by atoms with Crippen LogP contribution in [0.15, 0.2) is 97.2 Å². The van der Waals surface area contributed by atoms with Crippen LogP contribution in [-0.4, -0.2) is 6.04 Å². The molecule has 0 saturated carbocycles. The number of hydrogen-bond donors (Lipinski definition) is 0. The maximum atomic E-state index is 4.22. The Morgan fingerprint density at radius 3 is 2.34 bits per heavy atom. The molecule has 258 valence electrons. The molecule has 0 heterocycles. The van der Waals surface area contributed by atoms with Gasteiger partial charge in [0.15, 0.2) is 0 Å². The zero-order chi connectivity index (χ0) is 35.3. The van der Waals surface area contributed by atoms with Gasteiger partial charge < -0.3 is 4.90 Å². The van der Waals surface area contributed by atoms with Crippen molar-refractivity contribution in [3.05, 3.63) is 147 Å². The smallest absolute Gasteiger partial charge is 0.0594 e. The summed E-state index contributed by atoms with van der Waals surface area (Å²) >= 11 is 0. The van der Waals surface area contributed by atoms with Gasteiger partial charge in [-0.15, -0.1) is 0 Å². The third-order valence-electron chi connectivity index (χ3n) is 11.7. The first kappa shape index (κ1) is 34.4. The summed E-state index contributed by atoms with van der Waals surface area (Å²) in [5, 5.41) is 3.04. The average Bonchev–Trinajstić information content (AvgIpc) is 3.09. The highest BCUT2D eigenvalue weighted by Gasteiger charge is 2.40. The van der Waals surface area contributed by atoms with Crippen LogP contribution >= 0.6 is 0 Å². The summed E-state index contributed by atoms with van der Waals surface area (Å²) in [6.45, 7) is 22.9. The summed E-state index contributed by atoms with van der Waals surface area (Å²) in [5.41, 5.74) is 17.4. The van der Waals surface area contributed by atoms with Gasteiger partial charge in [-0.3, -0.25) is 0 Å². The zero-order valence-electron chi connectivity index (χ0n) is 31.8. The van der Waals surface area contributed by atoms with E-state index < -0.39 is 0 Å². The van der Waals surface area contributed by atoms with E-state index in [1.54, 1.807) is 22.1 Å². The molecule has 0 aliphatic heterocycles. The maximum absolute atomic E-state index is 4.22. The van der Waals surface area contributed by atoms with Crippen LogP contribution < -0.4 is 4.90 Å². The van der Waals surface area contributed by atoms with Crippen molar-refractivity contribution in [2.24, 2.45) is 11.8 Å². The molecule has 0 bridgehead atoms. The average molecular weight is 660 g/mol. The number of aryl methyl sites for hydroxylation is 3. The number of rotatable bonds is 10. The maximum Gasteiger partial charge on any atom is 0.0594 e. The second-order valence-electron chi connectivity index (χ2n) is 16.6. The van der Waals surface area contributed by atoms with Gasteiger partial charge in [0, 0.05) is 23.2 Å². The zero-order valence-corrected chi connectivity index (χ0v) is 31.8. The highest BCUT2D eigenvalue weighted by Crippen LogP contribution is 2.51. The Hall–Kier alpha value is -4.10. The largest absolute Gasteiger partial charge is 0.338 e. The molecular formula is C49H57N. The number of allylic oxidation sites excluding steroid dienone is 5. The lowest BCUT2D eigenvalue weighted by Crippen LogP contribution is -2.42. The van der Waals surface area contributed by atoms with Crippen molar-refractivity contribution in [1.82, 2.24) is 0 Å². The van der Waals surface area contributed by atoms with Crippen molar-refractivity contribution in [1.29, 1.82) is 0 Å². The van der Waals surface area contributed by atoms with E-state index in [-0.39, 0.29) is 6.04 Å². The molecule has 4 aromatic rings. The van der Waals surface area contributed by atoms with E-state index in [0.29, 0.717) is 29.6 Å². The van der Waals surface area contributed by atoms with E-state index in [1.165, 1.54) is 62.1 Å². The molecule has 3 aliphatic rings. The topological polar surface area (TPSA) is 3.24 Å². The summed E-state index contributed by atoms with van der Waals surface area (Å²) in [7, 11) is 0. The first-order chi connectivity index (χ1) is 24.0. The molecule has 4 aromatic carbocycles. The Morgan fingerprint density at radius 2 is 1.64 bits per heavy atom. The Labute approximate surface area is 302 Å². The van der Waals surface area contributed by atoms with Gasteiger partial charge in [0.05, 0.1) is 6.04 Å². The lowest BCUT2D eigenvalue weighted by molar-refractivity contribution is 0.521. The van der Waals surface area contributed by atoms with Crippen LogP contribution in [0.3, 0.4) is 0 Å². The van der Waals surface area contributed by atoms with Gasteiger partial charge in [-0.25, -0.2) is 0 Å². The monoisotopic (exact) mass is 659 g/mol. The van der Waals surface area contributed by atoms with Crippen LogP contribution in [0.1, 0.15) is 129 Å². The standard InChI is InChI=1S/C49H57N/c1-10-41-33(8)13-11-16-43(41)36-14-12-15-40(28-36)50(39-19-17-35(18-20-39)32(6)7)47-29-38(26-31(4)5)45-22-21-42-34(9)27-37(25-30(2)3)44-23-24-46(47)49(45)48(42)44/h10-22,27,29-32,36,46-47H,1,23-26,28H2,2-9H3. The van der Waals surface area contributed by atoms with E-state index in [1.807, 2.05) is 0 Å². The van der Waals surface area contributed by atoms with Crippen LogP contribution in [0.4, 0.5) is 5.69 Å². The predicted molar refractivity (Wildman–Crippen MR) is 218 cm³/mol. The Morgan fingerprint density at radius 1 is 0.880 bits per heavy atom. The minimum Gasteiger partial charge on any atom is -0.338 e. The molecule has 3 atom stereocenters. The van der Waals surface area contributed by atoms with Gasteiger partial charge in [-0.05, 0) is 148 Å². The summed E-state index contributed by atoms with van der Waals surface area (Å²) in [6, 6.07) is 24.0. The quantitative estimate of drug-likeness (QED) is 0.164. The van der Waals surface area contributed by atoms with Gasteiger partial charge >= 0.3 is 0 Å². The van der Waals surface area contributed by atoms with E-state index in [0.717, 1.165) is 25.7 Å². The lowest BCUT2D eigenvalue weighted by Gasteiger charge is -2.45. The Balaban J connectivity index is 1.42. The van der Waals surface area contributed by atoms with Gasteiger partial charge in [-0.2, -0.15) is 0 Å². The normalized spacial score (nSPS) is 19.7. The summed E-state index contributed by atoms with van der Waals surface area (Å²) < 4.78 is 0. The molecule has 1 heteroatoms. The van der Waals surface area contributed by atoms with Crippen molar-refractivity contribution in [3.8, 4) is 0 Å². The Bertz CT molecular complexity index is 2010. The van der Waals surface area contributed by atoms with Crippen LogP contribution in [0, 0.1) is 25.7 Å². The molecule has 3 aliphatic carbocycles. The molecule has 0 saturated heterocycles. The van der Waals surface area contributed by atoms with Crippen molar-refractivity contribution in [2.45, 2.75) is 111 Å². The molecule has 0 amide bonds. The summed E-state index contributed by atoms with van der Waals surface area (Å²) in [4.78, 5) is 2.76. The number of anilines is 1. The fraction of sp³-hybridized carbons (Fsp3) is 0.388. The predicted octanol–water partition coefficient (Wildman–Crippen LogP) is 13.4. The van der Waals surface area contributed by atoms with E-state index in [2.05, 4.69) is 158 Å². The van der Waals surface area contributed by atoms with Crippen LogP contribution in [0.5, 0.6) is 0 Å². The molecule has 0 radical (unpaired) electrons. The third-order valence-corrected chi connectivity index (χ3v) is 11.7. The molecule has 1 nitrogen and oxygen atoms in total. The van der Waals surface area contributed by atoms with Crippen molar-refractivity contribution < 1.29 is 0 Å². The molecule has 50 heavy (non-hydrogen) atoms. The molecule has 0 N–H and O–H groups in total.